The summed E-state index contributed by atoms with van der Waals surface area (Å²) in [5, 5.41) is 0. The molecule has 1 aliphatic rings. The lowest BCUT2D eigenvalue weighted by molar-refractivity contribution is 0.590. The fourth-order valence-corrected chi connectivity index (χ4v) is 1.55. The van der Waals surface area contributed by atoms with Crippen LogP contribution in [-0.4, -0.2) is 6.16 Å². The molecular weight excluding hydrogens is 143 g/mol. The van der Waals surface area contributed by atoms with Crippen LogP contribution in [0.4, 0.5) is 0 Å². The van der Waals surface area contributed by atoms with Gasteiger partial charge in [0.2, 0.25) is 0 Å². The maximum atomic E-state index is 10.0. The van der Waals surface area contributed by atoms with Crippen LogP contribution in [0.25, 0.3) is 0 Å². The summed E-state index contributed by atoms with van der Waals surface area (Å²) in [6.07, 6.45) is 9.03. The quantitative estimate of drug-likeness (QED) is 0.428. The van der Waals surface area contributed by atoms with Crippen LogP contribution >= 0.6 is 8.46 Å². The normalized spacial score (nSPS) is 18.0. The Bertz CT molecular complexity index is 99.4. The van der Waals surface area contributed by atoms with Gasteiger partial charge >= 0.3 is 0 Å². The predicted octanol–water partition coefficient (Wildman–Crippen LogP) is 3.25. The molecule has 0 radical (unpaired) electrons. The summed E-state index contributed by atoms with van der Waals surface area (Å²) in [5.41, 5.74) is 0. The van der Waals surface area contributed by atoms with E-state index in [-0.39, 0.29) is 0 Å². The highest BCUT2D eigenvalue weighted by Crippen LogP contribution is 2.33. The molecule has 0 heterocycles. The van der Waals surface area contributed by atoms with Crippen LogP contribution in [0.1, 0.15) is 38.5 Å². The number of hydrogen-bond donors (Lipinski definition) is 0. The molecule has 10 heavy (non-hydrogen) atoms. The largest absolute Gasteiger partial charge is 0.275 e. The molecule has 58 valence electrons. The average molecular weight is 158 g/mol. The molecule has 1 fully saturated rings. The van der Waals surface area contributed by atoms with E-state index in [9.17, 15) is 4.57 Å². The Morgan fingerprint density at radius 3 is 2.60 bits per heavy atom. The van der Waals surface area contributed by atoms with Crippen LogP contribution in [0.2, 0.25) is 0 Å². The zero-order valence-corrected chi connectivity index (χ0v) is 7.28. The van der Waals surface area contributed by atoms with Gasteiger partial charge in [-0.1, -0.05) is 32.1 Å². The number of unbranched alkanes of at least 4 members (excludes halogenated alkanes) is 2. The molecule has 0 aromatic carbocycles. The first-order chi connectivity index (χ1) is 4.93. The molecular formula is C8H15OP. The Balaban J connectivity index is 1.72. The van der Waals surface area contributed by atoms with Crippen molar-refractivity contribution in [3.05, 3.63) is 0 Å². The summed E-state index contributed by atoms with van der Waals surface area (Å²) < 4.78 is 10.0. The Morgan fingerprint density at radius 2 is 2.00 bits per heavy atom. The third-order valence-corrected chi connectivity index (χ3v) is 2.56. The van der Waals surface area contributed by atoms with Crippen molar-refractivity contribution in [3.8, 4) is 0 Å². The molecule has 0 aromatic heterocycles. The first kappa shape index (κ1) is 8.20. The van der Waals surface area contributed by atoms with E-state index in [1.807, 2.05) is 0 Å². The Labute approximate surface area is 64.4 Å². The van der Waals surface area contributed by atoms with E-state index < -0.39 is 0 Å². The standard InChI is InChI=1S/C8H15OP/c9-10-7-3-1-2-4-8-5-6-8/h8H,1-7H2. The van der Waals surface area contributed by atoms with Gasteiger partial charge in [0.1, 0.15) is 0 Å². The Hall–Kier alpha value is 0.100. The smallest absolute Gasteiger partial charge is 0.155 e. The van der Waals surface area contributed by atoms with Gasteiger partial charge in [-0.25, -0.2) is 0 Å². The highest BCUT2D eigenvalue weighted by Gasteiger charge is 2.19. The molecule has 2 heteroatoms. The molecule has 0 saturated heterocycles. The predicted molar refractivity (Wildman–Crippen MR) is 43.7 cm³/mol. The second kappa shape index (κ2) is 4.85. The third kappa shape index (κ3) is 4.00. The zero-order valence-electron chi connectivity index (χ0n) is 6.38. The summed E-state index contributed by atoms with van der Waals surface area (Å²) in [5.74, 6) is 1.07. The molecule has 0 spiro atoms. The van der Waals surface area contributed by atoms with Gasteiger partial charge < -0.3 is 0 Å². The maximum Gasteiger partial charge on any atom is 0.155 e. The molecule has 0 atom stereocenters. The maximum absolute atomic E-state index is 10.0. The minimum Gasteiger partial charge on any atom is -0.275 e. The molecule has 1 saturated carbocycles. The first-order valence-electron chi connectivity index (χ1n) is 4.22. The van der Waals surface area contributed by atoms with Gasteiger partial charge in [-0.2, -0.15) is 0 Å². The van der Waals surface area contributed by atoms with Crippen LogP contribution in [-0.2, 0) is 4.57 Å². The van der Waals surface area contributed by atoms with Gasteiger partial charge in [0.05, 0.1) is 0 Å². The van der Waals surface area contributed by atoms with Crippen LogP contribution in [0.3, 0.4) is 0 Å². The summed E-state index contributed by atoms with van der Waals surface area (Å²) in [7, 11) is 0.328. The fourth-order valence-electron chi connectivity index (χ4n) is 1.19. The van der Waals surface area contributed by atoms with E-state index in [0.717, 1.165) is 18.5 Å². The highest BCUT2D eigenvalue weighted by molar-refractivity contribution is 7.23. The van der Waals surface area contributed by atoms with Gasteiger partial charge in [-0.15, -0.1) is 0 Å². The topological polar surface area (TPSA) is 17.1 Å². The van der Waals surface area contributed by atoms with Crippen molar-refractivity contribution in [2.45, 2.75) is 38.5 Å². The van der Waals surface area contributed by atoms with E-state index in [0.29, 0.717) is 8.46 Å². The van der Waals surface area contributed by atoms with Crippen LogP contribution in [0, 0.1) is 5.92 Å². The third-order valence-electron chi connectivity index (χ3n) is 2.06. The Morgan fingerprint density at radius 1 is 1.20 bits per heavy atom. The lowest BCUT2D eigenvalue weighted by Crippen LogP contribution is -1.80. The lowest BCUT2D eigenvalue weighted by Gasteiger charge is -1.94. The molecule has 1 rings (SSSR count). The minimum absolute atomic E-state index is 0.328. The number of hydrogen-bond acceptors (Lipinski definition) is 1. The number of rotatable bonds is 6. The van der Waals surface area contributed by atoms with Crippen molar-refractivity contribution in [1.82, 2.24) is 0 Å². The summed E-state index contributed by atoms with van der Waals surface area (Å²) in [4.78, 5) is 0. The highest BCUT2D eigenvalue weighted by atomic mass is 31.1. The monoisotopic (exact) mass is 158 g/mol. The first-order valence-corrected chi connectivity index (χ1v) is 5.22. The van der Waals surface area contributed by atoms with E-state index >= 15 is 0 Å². The van der Waals surface area contributed by atoms with Crippen LogP contribution < -0.4 is 0 Å². The average Bonchev–Trinajstić information content (AvgIpc) is 2.71. The van der Waals surface area contributed by atoms with E-state index in [4.69, 9.17) is 0 Å². The SMILES string of the molecule is O=PCCCCCC1CC1. The van der Waals surface area contributed by atoms with Gasteiger partial charge in [0.15, 0.2) is 8.46 Å². The molecule has 0 aliphatic heterocycles. The van der Waals surface area contributed by atoms with E-state index in [1.54, 1.807) is 0 Å². The van der Waals surface area contributed by atoms with Crippen molar-refractivity contribution >= 4 is 8.46 Å². The van der Waals surface area contributed by atoms with Crippen molar-refractivity contribution in [2.75, 3.05) is 6.16 Å². The second-order valence-electron chi connectivity index (χ2n) is 3.15. The van der Waals surface area contributed by atoms with E-state index in [1.165, 1.54) is 32.1 Å². The van der Waals surface area contributed by atoms with Gasteiger partial charge in [0, 0.05) is 6.16 Å². The molecule has 0 unspecified atom stereocenters. The summed E-state index contributed by atoms with van der Waals surface area (Å²) in [6, 6.07) is 0. The fraction of sp³-hybridized carbons (Fsp3) is 1.00. The van der Waals surface area contributed by atoms with Gasteiger partial charge in [-0.3, -0.25) is 4.57 Å². The molecule has 0 N–H and O–H groups in total. The molecule has 0 amide bonds. The van der Waals surface area contributed by atoms with Crippen molar-refractivity contribution < 1.29 is 4.57 Å². The van der Waals surface area contributed by atoms with E-state index in [2.05, 4.69) is 0 Å². The van der Waals surface area contributed by atoms with Crippen molar-refractivity contribution in [2.24, 2.45) is 5.92 Å². The molecule has 1 aliphatic carbocycles. The second-order valence-corrected chi connectivity index (χ2v) is 3.85. The minimum atomic E-state index is 0.328. The molecule has 0 bridgehead atoms. The lowest BCUT2D eigenvalue weighted by atomic mass is 10.1. The summed E-state index contributed by atoms with van der Waals surface area (Å²) in [6.45, 7) is 0. The van der Waals surface area contributed by atoms with Crippen LogP contribution in [0.5, 0.6) is 0 Å². The van der Waals surface area contributed by atoms with Crippen molar-refractivity contribution in [3.63, 3.8) is 0 Å². The van der Waals surface area contributed by atoms with Gasteiger partial charge in [-0.05, 0) is 12.3 Å². The molecule has 1 nitrogen and oxygen atoms in total. The van der Waals surface area contributed by atoms with Crippen molar-refractivity contribution in [1.29, 1.82) is 0 Å². The van der Waals surface area contributed by atoms with Crippen LogP contribution in [0.15, 0.2) is 0 Å². The van der Waals surface area contributed by atoms with Gasteiger partial charge in [0.25, 0.3) is 0 Å². The molecule has 0 aromatic rings. The zero-order chi connectivity index (χ0) is 7.23. The Kier molecular flexibility index (Phi) is 3.97. The summed E-state index contributed by atoms with van der Waals surface area (Å²) >= 11 is 0.